The molecule has 1 unspecified atom stereocenters. The number of likely N-dealkylation sites (tertiary alicyclic amines) is 1. The van der Waals surface area contributed by atoms with E-state index in [-0.39, 0.29) is 36.4 Å². The van der Waals surface area contributed by atoms with Crippen LogP contribution in [0.4, 0.5) is 5.69 Å². The van der Waals surface area contributed by atoms with E-state index in [4.69, 9.17) is 4.74 Å². The molecule has 1 aromatic carbocycles. The third-order valence-electron chi connectivity index (χ3n) is 5.44. The number of nitrogens with zero attached hydrogens (tertiary/aromatic N) is 3. The van der Waals surface area contributed by atoms with Crippen molar-refractivity contribution in [1.29, 1.82) is 0 Å². The molecule has 0 bridgehead atoms. The van der Waals surface area contributed by atoms with Gasteiger partial charge in [-0.05, 0) is 44.2 Å². The number of hydrogen-bond acceptors (Lipinski definition) is 4. The van der Waals surface area contributed by atoms with Gasteiger partial charge in [0.15, 0.2) is 5.96 Å². The van der Waals surface area contributed by atoms with E-state index in [0.717, 1.165) is 70.2 Å². The van der Waals surface area contributed by atoms with Gasteiger partial charge < -0.3 is 25.2 Å². The first-order valence-electron chi connectivity index (χ1n) is 10.4. The zero-order chi connectivity index (χ0) is 19.8. The minimum absolute atomic E-state index is 0. The van der Waals surface area contributed by atoms with Gasteiger partial charge in [0.2, 0.25) is 5.91 Å². The summed E-state index contributed by atoms with van der Waals surface area (Å²) in [4.78, 5) is 21.0. The Labute approximate surface area is 191 Å². The molecule has 1 aromatic rings. The molecule has 0 aliphatic carbocycles. The molecule has 0 aromatic heterocycles. The second-order valence-corrected chi connectivity index (χ2v) is 7.47. The van der Waals surface area contributed by atoms with E-state index in [1.807, 2.05) is 24.0 Å². The molecule has 162 valence electrons. The van der Waals surface area contributed by atoms with Crippen LogP contribution in [0.3, 0.4) is 0 Å². The lowest BCUT2D eigenvalue weighted by Gasteiger charge is -2.20. The second kappa shape index (κ2) is 12.1. The fraction of sp³-hybridized carbons (Fsp3) is 0.619. The predicted octanol–water partition coefficient (Wildman–Crippen LogP) is 2.32. The van der Waals surface area contributed by atoms with Crippen LogP contribution in [-0.2, 0) is 4.79 Å². The number of benzene rings is 1. The average Bonchev–Trinajstić information content (AvgIpc) is 3.42. The second-order valence-electron chi connectivity index (χ2n) is 7.47. The van der Waals surface area contributed by atoms with Gasteiger partial charge in [0.25, 0.3) is 0 Å². The molecule has 2 saturated heterocycles. The molecule has 8 heteroatoms. The van der Waals surface area contributed by atoms with Gasteiger partial charge in [0.05, 0.1) is 7.11 Å². The van der Waals surface area contributed by atoms with Crippen molar-refractivity contribution in [3.63, 3.8) is 0 Å². The quantitative estimate of drug-likeness (QED) is 0.332. The van der Waals surface area contributed by atoms with E-state index in [2.05, 4.69) is 32.7 Å². The van der Waals surface area contributed by atoms with Crippen LogP contribution in [0.5, 0.6) is 5.75 Å². The van der Waals surface area contributed by atoms with Crippen molar-refractivity contribution < 1.29 is 9.53 Å². The van der Waals surface area contributed by atoms with Gasteiger partial charge in [-0.2, -0.15) is 0 Å². The lowest BCUT2D eigenvalue weighted by atomic mass is 10.1. The van der Waals surface area contributed by atoms with Gasteiger partial charge >= 0.3 is 0 Å². The molecule has 2 aliphatic rings. The Morgan fingerprint density at radius 1 is 1.24 bits per heavy atom. The molecule has 0 spiro atoms. The summed E-state index contributed by atoms with van der Waals surface area (Å²) in [5, 5.41) is 6.67. The fourth-order valence-corrected chi connectivity index (χ4v) is 3.84. The SMILES string of the molecule is CCNC(=NCC(=O)N1CCCC1)NCC1CCN(c2cccc(OC)c2)C1.I. The van der Waals surface area contributed by atoms with Crippen molar-refractivity contribution in [2.75, 3.05) is 57.8 Å². The summed E-state index contributed by atoms with van der Waals surface area (Å²) in [5.41, 5.74) is 1.21. The Morgan fingerprint density at radius 2 is 2.03 bits per heavy atom. The number of ether oxygens (including phenoxy) is 1. The van der Waals surface area contributed by atoms with Crippen molar-refractivity contribution >= 4 is 41.5 Å². The molecule has 29 heavy (non-hydrogen) atoms. The highest BCUT2D eigenvalue weighted by Crippen LogP contribution is 2.26. The summed E-state index contributed by atoms with van der Waals surface area (Å²) in [5.74, 6) is 2.29. The third-order valence-corrected chi connectivity index (χ3v) is 5.44. The maximum absolute atomic E-state index is 12.2. The molecule has 3 rings (SSSR count). The largest absolute Gasteiger partial charge is 0.497 e. The van der Waals surface area contributed by atoms with Gasteiger partial charge in [-0.1, -0.05) is 6.07 Å². The summed E-state index contributed by atoms with van der Waals surface area (Å²) in [6, 6.07) is 8.23. The molecule has 2 heterocycles. The number of carbonyl (C=O) groups is 1. The molecule has 0 saturated carbocycles. The van der Waals surface area contributed by atoms with E-state index in [1.54, 1.807) is 7.11 Å². The van der Waals surface area contributed by atoms with E-state index in [0.29, 0.717) is 5.92 Å². The van der Waals surface area contributed by atoms with Crippen LogP contribution >= 0.6 is 24.0 Å². The summed E-state index contributed by atoms with van der Waals surface area (Å²) < 4.78 is 5.34. The molecule has 2 N–H and O–H groups in total. The minimum atomic E-state index is 0. The first-order chi connectivity index (χ1) is 13.7. The van der Waals surface area contributed by atoms with Crippen molar-refractivity contribution in [1.82, 2.24) is 15.5 Å². The molecule has 7 nitrogen and oxygen atoms in total. The number of nitrogens with one attached hydrogen (secondary N) is 2. The monoisotopic (exact) mass is 515 g/mol. The Morgan fingerprint density at radius 3 is 2.76 bits per heavy atom. The van der Waals surface area contributed by atoms with Crippen molar-refractivity contribution in [3.05, 3.63) is 24.3 Å². The topological polar surface area (TPSA) is 69.2 Å². The number of rotatable bonds is 7. The van der Waals surface area contributed by atoms with Crippen LogP contribution in [0.1, 0.15) is 26.2 Å². The van der Waals surface area contributed by atoms with Crippen molar-refractivity contribution in [2.24, 2.45) is 10.9 Å². The molecule has 0 radical (unpaired) electrons. The van der Waals surface area contributed by atoms with E-state index in [1.165, 1.54) is 5.69 Å². The lowest BCUT2D eigenvalue weighted by molar-refractivity contribution is -0.128. The zero-order valence-corrected chi connectivity index (χ0v) is 19.9. The Kier molecular flexibility index (Phi) is 9.83. The normalized spacial score (nSPS) is 19.1. The minimum Gasteiger partial charge on any atom is -0.497 e. The van der Waals surface area contributed by atoms with E-state index in [9.17, 15) is 4.79 Å². The molecule has 1 atom stereocenters. The Bertz CT molecular complexity index is 679. The Balaban J connectivity index is 0.00000300. The number of aliphatic imine (C=N–C) groups is 1. The van der Waals surface area contributed by atoms with Crippen LogP contribution in [0.2, 0.25) is 0 Å². The number of halogens is 1. The number of methoxy groups -OCH3 is 1. The van der Waals surface area contributed by atoms with Crippen LogP contribution in [-0.4, -0.2) is 69.7 Å². The maximum Gasteiger partial charge on any atom is 0.244 e. The van der Waals surface area contributed by atoms with Crippen LogP contribution < -0.4 is 20.3 Å². The number of amides is 1. The number of carbonyl (C=O) groups excluding carboxylic acids is 1. The maximum atomic E-state index is 12.2. The molecular weight excluding hydrogens is 481 g/mol. The van der Waals surface area contributed by atoms with Crippen molar-refractivity contribution in [2.45, 2.75) is 26.2 Å². The third kappa shape index (κ3) is 6.94. The number of anilines is 1. The summed E-state index contributed by atoms with van der Waals surface area (Å²) in [7, 11) is 1.70. The summed E-state index contributed by atoms with van der Waals surface area (Å²) in [6.07, 6.45) is 3.36. The highest BCUT2D eigenvalue weighted by molar-refractivity contribution is 14.0. The number of guanidine groups is 1. The van der Waals surface area contributed by atoms with Crippen LogP contribution in [0.15, 0.2) is 29.3 Å². The fourth-order valence-electron chi connectivity index (χ4n) is 3.84. The summed E-state index contributed by atoms with van der Waals surface area (Å²) >= 11 is 0. The van der Waals surface area contributed by atoms with Gasteiger partial charge in [-0.15, -0.1) is 24.0 Å². The standard InChI is InChI=1S/C21H33N5O2.HI/c1-3-22-21(24-15-20(27)25-10-4-5-11-25)23-14-17-9-12-26(16-17)18-7-6-8-19(13-18)28-2;/h6-8,13,17H,3-5,9-12,14-16H2,1-2H3,(H2,22,23,24);1H. The summed E-state index contributed by atoms with van der Waals surface area (Å²) in [6.45, 7) is 7.69. The van der Waals surface area contributed by atoms with E-state index >= 15 is 0 Å². The highest BCUT2D eigenvalue weighted by atomic mass is 127. The van der Waals surface area contributed by atoms with Gasteiger partial charge in [0, 0.05) is 51.0 Å². The molecular formula is C21H34IN5O2. The van der Waals surface area contributed by atoms with Crippen molar-refractivity contribution in [3.8, 4) is 5.75 Å². The number of hydrogen-bond donors (Lipinski definition) is 2. The predicted molar refractivity (Wildman–Crippen MR) is 129 cm³/mol. The lowest BCUT2D eigenvalue weighted by Crippen LogP contribution is -2.41. The van der Waals surface area contributed by atoms with Gasteiger partial charge in [-0.25, -0.2) is 4.99 Å². The molecule has 2 fully saturated rings. The smallest absolute Gasteiger partial charge is 0.244 e. The molecule has 2 aliphatic heterocycles. The Hall–Kier alpha value is -1.71. The van der Waals surface area contributed by atoms with E-state index < -0.39 is 0 Å². The first-order valence-corrected chi connectivity index (χ1v) is 10.4. The highest BCUT2D eigenvalue weighted by Gasteiger charge is 2.23. The van der Waals surface area contributed by atoms with Gasteiger partial charge in [0.1, 0.15) is 12.3 Å². The molecule has 1 amide bonds. The zero-order valence-electron chi connectivity index (χ0n) is 17.5. The van der Waals surface area contributed by atoms with Crippen LogP contribution in [0.25, 0.3) is 0 Å². The van der Waals surface area contributed by atoms with Crippen LogP contribution in [0, 0.1) is 5.92 Å². The average molecular weight is 515 g/mol. The van der Waals surface area contributed by atoms with Gasteiger partial charge in [-0.3, -0.25) is 4.79 Å². The first kappa shape index (κ1) is 23.6.